The summed E-state index contributed by atoms with van der Waals surface area (Å²) in [5, 5.41) is 7.24. The number of esters is 1. The van der Waals surface area contributed by atoms with E-state index in [-0.39, 0.29) is 28.1 Å². The molecule has 0 aliphatic rings. The van der Waals surface area contributed by atoms with Crippen LogP contribution in [0.15, 0.2) is 24.3 Å². The fraction of sp³-hybridized carbons (Fsp3) is 0.154. The maximum atomic E-state index is 13.3. The fourth-order valence-corrected chi connectivity index (χ4v) is 1.67. The molecule has 1 aromatic heterocycles. The molecule has 0 unspecified atom stereocenters. The molecule has 0 N–H and O–H groups in total. The fourth-order valence-electron chi connectivity index (χ4n) is 1.52. The predicted molar refractivity (Wildman–Crippen MR) is 71.4 cm³/mol. The van der Waals surface area contributed by atoms with E-state index in [1.807, 2.05) is 0 Å². The third kappa shape index (κ3) is 3.38. The van der Waals surface area contributed by atoms with Crippen LogP contribution < -0.4 is 9.47 Å². The van der Waals surface area contributed by atoms with Crippen molar-refractivity contribution in [1.82, 2.24) is 10.2 Å². The standard InChI is InChI=1S/C13H10ClFN2O4/c1-19-9-4-3-7(15)5-10(9)21-12-8(13(18)20-2)6-11(14)16-17-12/h3-6H,1-2H3. The van der Waals surface area contributed by atoms with E-state index in [2.05, 4.69) is 14.9 Å². The van der Waals surface area contributed by atoms with Gasteiger partial charge in [0, 0.05) is 6.07 Å². The Morgan fingerprint density at radius 3 is 2.62 bits per heavy atom. The van der Waals surface area contributed by atoms with Gasteiger partial charge in [-0.25, -0.2) is 9.18 Å². The molecule has 1 heterocycles. The molecule has 6 nitrogen and oxygen atoms in total. The van der Waals surface area contributed by atoms with Gasteiger partial charge in [-0.15, -0.1) is 10.2 Å². The first-order valence-electron chi connectivity index (χ1n) is 5.68. The number of carbonyl (C=O) groups is 1. The number of nitrogens with zero attached hydrogens (tertiary/aromatic N) is 2. The molecule has 1 aromatic carbocycles. The zero-order valence-electron chi connectivity index (χ0n) is 11.1. The van der Waals surface area contributed by atoms with Crippen LogP contribution in [0.2, 0.25) is 5.15 Å². The number of benzene rings is 1. The van der Waals surface area contributed by atoms with Crippen LogP contribution in [0.5, 0.6) is 17.4 Å². The van der Waals surface area contributed by atoms with E-state index >= 15 is 0 Å². The van der Waals surface area contributed by atoms with E-state index in [1.54, 1.807) is 0 Å². The van der Waals surface area contributed by atoms with Gasteiger partial charge in [-0.05, 0) is 18.2 Å². The van der Waals surface area contributed by atoms with Gasteiger partial charge in [0.25, 0.3) is 5.88 Å². The summed E-state index contributed by atoms with van der Waals surface area (Å²) >= 11 is 5.68. The van der Waals surface area contributed by atoms with Gasteiger partial charge in [-0.3, -0.25) is 0 Å². The van der Waals surface area contributed by atoms with Crippen LogP contribution in [0.1, 0.15) is 10.4 Å². The second-order valence-corrected chi connectivity index (χ2v) is 4.16. The second-order valence-electron chi connectivity index (χ2n) is 3.77. The van der Waals surface area contributed by atoms with Crippen LogP contribution in [0, 0.1) is 5.82 Å². The predicted octanol–water partition coefficient (Wildman–Crippen LogP) is 2.86. The smallest absolute Gasteiger partial charge is 0.343 e. The lowest BCUT2D eigenvalue weighted by atomic mass is 10.3. The topological polar surface area (TPSA) is 70.5 Å². The molecule has 0 aliphatic carbocycles. The molecule has 0 radical (unpaired) electrons. The van der Waals surface area contributed by atoms with Crippen molar-refractivity contribution in [3.05, 3.63) is 40.8 Å². The van der Waals surface area contributed by atoms with E-state index in [0.29, 0.717) is 0 Å². The molecule has 0 aliphatic heterocycles. The summed E-state index contributed by atoms with van der Waals surface area (Å²) in [7, 11) is 2.60. The molecule has 110 valence electrons. The van der Waals surface area contributed by atoms with Crippen molar-refractivity contribution in [2.24, 2.45) is 0 Å². The Morgan fingerprint density at radius 1 is 1.19 bits per heavy atom. The lowest BCUT2D eigenvalue weighted by Gasteiger charge is -2.11. The van der Waals surface area contributed by atoms with E-state index in [4.69, 9.17) is 21.1 Å². The quantitative estimate of drug-likeness (QED) is 0.808. The SMILES string of the molecule is COC(=O)c1cc(Cl)nnc1Oc1cc(F)ccc1OC. The molecular formula is C13H10ClFN2O4. The van der Waals surface area contributed by atoms with Crippen LogP contribution in [0.4, 0.5) is 4.39 Å². The summed E-state index contributed by atoms with van der Waals surface area (Å²) in [4.78, 5) is 11.7. The molecule has 2 aromatic rings. The Hall–Kier alpha value is -2.41. The second kappa shape index (κ2) is 6.36. The van der Waals surface area contributed by atoms with Crippen LogP contribution >= 0.6 is 11.6 Å². The highest BCUT2D eigenvalue weighted by atomic mass is 35.5. The van der Waals surface area contributed by atoms with E-state index in [0.717, 1.165) is 6.07 Å². The molecule has 2 rings (SSSR count). The Labute approximate surface area is 124 Å². The summed E-state index contributed by atoms with van der Waals surface area (Å²) < 4.78 is 28.3. The molecule has 0 saturated carbocycles. The Morgan fingerprint density at radius 2 is 1.95 bits per heavy atom. The van der Waals surface area contributed by atoms with Crippen LogP contribution in [-0.2, 0) is 4.74 Å². The van der Waals surface area contributed by atoms with Gasteiger partial charge in [-0.2, -0.15) is 0 Å². The molecule has 0 spiro atoms. The van der Waals surface area contributed by atoms with Gasteiger partial charge in [-0.1, -0.05) is 11.6 Å². The van der Waals surface area contributed by atoms with Crippen molar-refractivity contribution in [1.29, 1.82) is 0 Å². The number of aromatic nitrogens is 2. The lowest BCUT2D eigenvalue weighted by molar-refractivity contribution is 0.0596. The third-order valence-electron chi connectivity index (χ3n) is 2.47. The van der Waals surface area contributed by atoms with Gasteiger partial charge >= 0.3 is 5.97 Å². The van der Waals surface area contributed by atoms with Gasteiger partial charge < -0.3 is 14.2 Å². The minimum Gasteiger partial charge on any atom is -0.493 e. The van der Waals surface area contributed by atoms with Crippen molar-refractivity contribution >= 4 is 17.6 Å². The maximum Gasteiger partial charge on any atom is 0.343 e. The summed E-state index contributed by atoms with van der Waals surface area (Å²) in [6, 6.07) is 4.92. The number of carbonyl (C=O) groups excluding carboxylic acids is 1. The Kier molecular flexibility index (Phi) is 4.54. The van der Waals surface area contributed by atoms with Crippen molar-refractivity contribution < 1.29 is 23.4 Å². The highest BCUT2D eigenvalue weighted by Gasteiger charge is 2.19. The number of rotatable bonds is 4. The highest BCUT2D eigenvalue weighted by Crippen LogP contribution is 2.33. The van der Waals surface area contributed by atoms with Crippen molar-refractivity contribution in [3.8, 4) is 17.4 Å². The molecule has 21 heavy (non-hydrogen) atoms. The van der Waals surface area contributed by atoms with Crippen molar-refractivity contribution in [2.45, 2.75) is 0 Å². The molecule has 0 fully saturated rings. The van der Waals surface area contributed by atoms with Crippen molar-refractivity contribution in [3.63, 3.8) is 0 Å². The Balaban J connectivity index is 2.44. The minimum atomic E-state index is -0.711. The molecule has 0 amide bonds. The average Bonchev–Trinajstić information content (AvgIpc) is 2.48. The van der Waals surface area contributed by atoms with E-state index < -0.39 is 11.8 Å². The minimum absolute atomic E-state index is 0.00560. The van der Waals surface area contributed by atoms with E-state index in [9.17, 15) is 9.18 Å². The monoisotopic (exact) mass is 312 g/mol. The number of hydrogen-bond acceptors (Lipinski definition) is 6. The molecular weight excluding hydrogens is 303 g/mol. The van der Waals surface area contributed by atoms with Gasteiger partial charge in [0.05, 0.1) is 14.2 Å². The van der Waals surface area contributed by atoms with Gasteiger partial charge in [0.1, 0.15) is 11.4 Å². The zero-order chi connectivity index (χ0) is 15.4. The molecule has 8 heteroatoms. The summed E-state index contributed by atoms with van der Waals surface area (Å²) in [6.45, 7) is 0. The molecule has 0 atom stereocenters. The van der Waals surface area contributed by atoms with Crippen LogP contribution in [0.25, 0.3) is 0 Å². The summed E-state index contributed by atoms with van der Waals surface area (Å²) in [5.41, 5.74) is -0.0381. The summed E-state index contributed by atoms with van der Waals surface area (Å²) in [6.07, 6.45) is 0. The number of hydrogen-bond donors (Lipinski definition) is 0. The van der Waals surface area contributed by atoms with Crippen LogP contribution in [0.3, 0.4) is 0 Å². The lowest BCUT2D eigenvalue weighted by Crippen LogP contribution is -2.07. The molecule has 0 saturated heterocycles. The van der Waals surface area contributed by atoms with Crippen molar-refractivity contribution in [2.75, 3.05) is 14.2 Å². The molecule has 0 bridgehead atoms. The maximum absolute atomic E-state index is 13.3. The average molecular weight is 313 g/mol. The Bertz CT molecular complexity index is 681. The number of methoxy groups -OCH3 is 2. The summed E-state index contributed by atoms with van der Waals surface area (Å²) in [5.74, 6) is -1.11. The first-order chi connectivity index (χ1) is 10.0. The van der Waals surface area contributed by atoms with Crippen LogP contribution in [-0.4, -0.2) is 30.4 Å². The van der Waals surface area contributed by atoms with Gasteiger partial charge in [0.15, 0.2) is 16.7 Å². The van der Waals surface area contributed by atoms with Gasteiger partial charge in [0.2, 0.25) is 0 Å². The number of halogens is 2. The highest BCUT2D eigenvalue weighted by molar-refractivity contribution is 6.29. The number of ether oxygens (including phenoxy) is 3. The first kappa shape index (κ1) is 15.0. The third-order valence-corrected chi connectivity index (χ3v) is 2.65. The zero-order valence-corrected chi connectivity index (χ0v) is 11.8. The normalized spacial score (nSPS) is 10.1. The largest absolute Gasteiger partial charge is 0.493 e. The first-order valence-corrected chi connectivity index (χ1v) is 6.06. The van der Waals surface area contributed by atoms with E-state index in [1.165, 1.54) is 32.4 Å².